The zero-order valence-corrected chi connectivity index (χ0v) is 13.4. The maximum atomic E-state index is 11.5. The van der Waals surface area contributed by atoms with Crippen LogP contribution in [-0.2, 0) is 34.9 Å². The largest absolute Gasteiger partial charge is 0.466 e. The van der Waals surface area contributed by atoms with Crippen molar-refractivity contribution in [2.75, 3.05) is 33.0 Å². The molecule has 2 fully saturated rings. The molecule has 0 bridgehead atoms. The molecular formula is C15H20O6S. The summed E-state index contributed by atoms with van der Waals surface area (Å²) in [5, 5.41) is 0. The highest BCUT2D eigenvalue weighted by molar-refractivity contribution is 7.12. The second-order valence-electron chi connectivity index (χ2n) is 4.98. The molecule has 2 aliphatic rings. The summed E-state index contributed by atoms with van der Waals surface area (Å²) in [4.78, 5) is 13.6. The number of ether oxygens (including phenoxy) is 5. The second kappa shape index (κ2) is 7.52. The van der Waals surface area contributed by atoms with E-state index in [0.29, 0.717) is 45.9 Å². The summed E-state index contributed by atoms with van der Waals surface area (Å²) in [6.07, 6.45) is 0.279. The molecule has 1 aromatic heterocycles. The van der Waals surface area contributed by atoms with Gasteiger partial charge in [0.25, 0.3) is 0 Å². The molecule has 6 nitrogen and oxygen atoms in total. The van der Waals surface area contributed by atoms with E-state index in [9.17, 15) is 4.79 Å². The Labute approximate surface area is 133 Å². The summed E-state index contributed by atoms with van der Waals surface area (Å²) in [5.74, 6) is -0.180. The number of hydrogen-bond acceptors (Lipinski definition) is 7. The molecule has 0 radical (unpaired) electrons. The Bertz CT molecular complexity index is 469. The lowest BCUT2D eigenvalue weighted by atomic mass is 10.2. The zero-order valence-electron chi connectivity index (χ0n) is 12.5. The summed E-state index contributed by atoms with van der Waals surface area (Å²) in [7, 11) is 0. The third kappa shape index (κ3) is 3.67. The van der Waals surface area contributed by atoms with Crippen LogP contribution in [0.15, 0.2) is 6.07 Å². The lowest BCUT2D eigenvalue weighted by Crippen LogP contribution is -2.04. The maximum Gasteiger partial charge on any atom is 0.306 e. The van der Waals surface area contributed by atoms with E-state index in [1.54, 1.807) is 11.3 Å². The van der Waals surface area contributed by atoms with Crippen molar-refractivity contribution in [3.05, 3.63) is 21.4 Å². The van der Waals surface area contributed by atoms with Crippen molar-refractivity contribution >= 4 is 17.3 Å². The molecule has 0 spiro atoms. The fourth-order valence-corrected chi connectivity index (χ4v) is 3.65. The van der Waals surface area contributed by atoms with E-state index in [-0.39, 0.29) is 18.5 Å². The van der Waals surface area contributed by atoms with E-state index in [1.807, 2.05) is 13.0 Å². The van der Waals surface area contributed by atoms with Crippen LogP contribution in [-0.4, -0.2) is 39.0 Å². The van der Waals surface area contributed by atoms with Crippen molar-refractivity contribution in [3.8, 4) is 0 Å². The summed E-state index contributed by atoms with van der Waals surface area (Å²) >= 11 is 1.59. The number of carbonyl (C=O) groups is 1. The zero-order chi connectivity index (χ0) is 15.4. The second-order valence-corrected chi connectivity index (χ2v) is 6.15. The van der Waals surface area contributed by atoms with Gasteiger partial charge in [0.15, 0.2) is 12.6 Å². The standard InChI is InChI=1S/C15H20O6S/c1-2-17-12(16)4-3-10-9-11(14-18-5-6-19-14)13(22-10)15-20-7-8-21-15/h9,14-15H,2-8H2,1H3. The Morgan fingerprint density at radius 2 is 1.82 bits per heavy atom. The molecule has 7 heteroatoms. The van der Waals surface area contributed by atoms with Crippen LogP contribution in [0.3, 0.4) is 0 Å². The average molecular weight is 328 g/mol. The van der Waals surface area contributed by atoms with E-state index in [4.69, 9.17) is 23.7 Å². The van der Waals surface area contributed by atoms with E-state index < -0.39 is 0 Å². The van der Waals surface area contributed by atoms with Crippen LogP contribution in [0.2, 0.25) is 0 Å². The van der Waals surface area contributed by atoms with Gasteiger partial charge in [-0.05, 0) is 19.4 Å². The van der Waals surface area contributed by atoms with Gasteiger partial charge < -0.3 is 23.7 Å². The molecule has 3 rings (SSSR count). The van der Waals surface area contributed by atoms with Crippen molar-refractivity contribution in [2.45, 2.75) is 32.3 Å². The fraction of sp³-hybridized carbons (Fsp3) is 0.667. The third-order valence-corrected chi connectivity index (χ3v) is 4.67. The minimum atomic E-state index is -0.365. The first-order valence-electron chi connectivity index (χ1n) is 7.52. The molecule has 2 aliphatic heterocycles. The molecule has 2 saturated heterocycles. The first-order valence-corrected chi connectivity index (χ1v) is 8.34. The van der Waals surface area contributed by atoms with Crippen LogP contribution >= 0.6 is 11.3 Å². The monoisotopic (exact) mass is 328 g/mol. The topological polar surface area (TPSA) is 63.2 Å². The number of thiophene rings is 1. The van der Waals surface area contributed by atoms with Crippen molar-refractivity contribution in [3.63, 3.8) is 0 Å². The van der Waals surface area contributed by atoms with Crippen LogP contribution in [0, 0.1) is 0 Å². The molecular weight excluding hydrogens is 308 g/mol. The highest BCUT2D eigenvalue weighted by Gasteiger charge is 2.30. The van der Waals surface area contributed by atoms with E-state index in [2.05, 4.69) is 0 Å². The highest BCUT2D eigenvalue weighted by Crippen LogP contribution is 2.39. The Hall–Kier alpha value is -0.990. The predicted octanol–water partition coefficient (Wildman–Crippen LogP) is 2.33. The van der Waals surface area contributed by atoms with Gasteiger partial charge in [-0.3, -0.25) is 4.79 Å². The first-order chi connectivity index (χ1) is 10.8. The minimum absolute atomic E-state index is 0.180. The van der Waals surface area contributed by atoms with E-state index >= 15 is 0 Å². The molecule has 0 aromatic carbocycles. The number of rotatable bonds is 6. The lowest BCUT2D eigenvalue weighted by Gasteiger charge is -2.13. The summed E-state index contributed by atoms with van der Waals surface area (Å²) in [5.41, 5.74) is 0.952. The Balaban J connectivity index is 1.73. The molecule has 22 heavy (non-hydrogen) atoms. The smallest absolute Gasteiger partial charge is 0.306 e. The van der Waals surface area contributed by atoms with Crippen LogP contribution in [0.5, 0.6) is 0 Å². The van der Waals surface area contributed by atoms with Gasteiger partial charge in [0.05, 0.1) is 44.3 Å². The number of esters is 1. The molecule has 3 heterocycles. The van der Waals surface area contributed by atoms with Gasteiger partial charge in [-0.1, -0.05) is 0 Å². The van der Waals surface area contributed by atoms with Crippen LogP contribution in [0.4, 0.5) is 0 Å². The SMILES string of the molecule is CCOC(=O)CCc1cc(C2OCCO2)c(C2OCCO2)s1. The number of hydrogen-bond donors (Lipinski definition) is 0. The van der Waals surface area contributed by atoms with Gasteiger partial charge >= 0.3 is 5.97 Å². The normalized spacial score (nSPS) is 19.9. The van der Waals surface area contributed by atoms with Crippen molar-refractivity contribution < 1.29 is 28.5 Å². The van der Waals surface area contributed by atoms with Gasteiger partial charge in [-0.15, -0.1) is 11.3 Å². The minimum Gasteiger partial charge on any atom is -0.466 e. The average Bonchev–Trinajstić information content (AvgIpc) is 3.24. The molecule has 0 aliphatic carbocycles. The number of aryl methyl sites for hydroxylation is 1. The summed E-state index contributed by atoms with van der Waals surface area (Å²) in [6, 6.07) is 2.03. The molecule has 0 unspecified atom stereocenters. The van der Waals surface area contributed by atoms with Crippen LogP contribution in [0.1, 0.15) is 41.2 Å². The van der Waals surface area contributed by atoms with Crippen molar-refractivity contribution in [2.24, 2.45) is 0 Å². The van der Waals surface area contributed by atoms with Crippen molar-refractivity contribution in [1.82, 2.24) is 0 Å². The molecule has 122 valence electrons. The van der Waals surface area contributed by atoms with Gasteiger partial charge in [0.2, 0.25) is 0 Å². The Morgan fingerprint density at radius 1 is 1.18 bits per heavy atom. The highest BCUT2D eigenvalue weighted by atomic mass is 32.1. The lowest BCUT2D eigenvalue weighted by molar-refractivity contribution is -0.143. The third-order valence-electron chi connectivity index (χ3n) is 3.43. The Kier molecular flexibility index (Phi) is 5.43. The quantitative estimate of drug-likeness (QED) is 0.747. The van der Waals surface area contributed by atoms with Crippen LogP contribution in [0.25, 0.3) is 0 Å². The fourth-order valence-electron chi connectivity index (χ4n) is 2.47. The molecule has 0 N–H and O–H groups in total. The summed E-state index contributed by atoms with van der Waals surface area (Å²) in [6.45, 7) is 4.57. The number of carbonyl (C=O) groups excluding carboxylic acids is 1. The van der Waals surface area contributed by atoms with Gasteiger partial charge in [-0.2, -0.15) is 0 Å². The molecule has 0 amide bonds. The van der Waals surface area contributed by atoms with Crippen LogP contribution < -0.4 is 0 Å². The van der Waals surface area contributed by atoms with Gasteiger partial charge in [0, 0.05) is 10.4 Å². The molecule has 0 atom stereocenters. The Morgan fingerprint density at radius 3 is 2.45 bits per heavy atom. The van der Waals surface area contributed by atoms with E-state index in [1.165, 1.54) is 0 Å². The van der Waals surface area contributed by atoms with Gasteiger partial charge in [-0.25, -0.2) is 0 Å². The predicted molar refractivity (Wildman–Crippen MR) is 78.6 cm³/mol. The van der Waals surface area contributed by atoms with Gasteiger partial charge in [0.1, 0.15) is 0 Å². The maximum absolute atomic E-state index is 11.5. The van der Waals surface area contributed by atoms with Crippen molar-refractivity contribution in [1.29, 1.82) is 0 Å². The van der Waals surface area contributed by atoms with E-state index in [0.717, 1.165) is 15.3 Å². The molecule has 0 saturated carbocycles. The first kappa shape index (κ1) is 15.9. The molecule has 1 aromatic rings. The summed E-state index contributed by atoms with van der Waals surface area (Å²) < 4.78 is 27.4.